The minimum absolute atomic E-state index is 0.260. The maximum absolute atomic E-state index is 13.6. The third kappa shape index (κ3) is 3.82. The van der Waals surface area contributed by atoms with E-state index in [0.29, 0.717) is 0 Å². The molecule has 0 aliphatic carbocycles. The number of para-hydroxylation sites is 1. The Kier molecular flexibility index (Phi) is 5.26. The van der Waals surface area contributed by atoms with Crippen molar-refractivity contribution in [2.75, 3.05) is 0 Å². The monoisotopic (exact) mass is 492 g/mol. The van der Waals surface area contributed by atoms with E-state index in [4.69, 9.17) is 4.98 Å². The van der Waals surface area contributed by atoms with Crippen LogP contribution in [0.1, 0.15) is 0 Å². The highest BCUT2D eigenvalue weighted by molar-refractivity contribution is 6.08. The molecule has 0 saturated carbocycles. The van der Waals surface area contributed by atoms with E-state index in [1.807, 2.05) is 42.7 Å². The average molecular weight is 493 g/mol. The molecule has 0 saturated heterocycles. The predicted octanol–water partition coefficient (Wildman–Crippen LogP) is 8.11. The molecule has 38 heavy (non-hydrogen) atoms. The van der Waals surface area contributed by atoms with Crippen molar-refractivity contribution in [1.82, 2.24) is 19.5 Å². The lowest BCUT2D eigenvalue weighted by atomic mass is 10.0. The van der Waals surface area contributed by atoms with Gasteiger partial charge >= 0.3 is 0 Å². The van der Waals surface area contributed by atoms with E-state index in [1.165, 1.54) is 22.9 Å². The Labute approximate surface area is 218 Å². The minimum atomic E-state index is -0.260. The summed E-state index contributed by atoms with van der Waals surface area (Å²) < 4.78 is 15.9. The standard InChI is InChI=1S/C33H21FN4/c34-25-12-8-22(9-13-25)24-19-30(37-31(20-24)29-6-3-4-17-36-29)23-10-14-26(15-11-23)38-32-7-2-1-5-27(32)28-16-18-35-21-33(28)38/h1-21H. The Hall–Kier alpha value is -5.16. The zero-order chi connectivity index (χ0) is 25.5. The molecule has 0 N–H and O–H groups in total. The summed E-state index contributed by atoms with van der Waals surface area (Å²) in [5.41, 5.74) is 8.47. The molecule has 0 atom stereocenters. The summed E-state index contributed by atoms with van der Waals surface area (Å²) in [5, 5.41) is 2.37. The zero-order valence-electron chi connectivity index (χ0n) is 20.3. The lowest BCUT2D eigenvalue weighted by molar-refractivity contribution is 0.628. The van der Waals surface area contributed by atoms with Gasteiger partial charge in [0.25, 0.3) is 0 Å². The topological polar surface area (TPSA) is 43.6 Å². The first-order valence-corrected chi connectivity index (χ1v) is 12.4. The number of benzene rings is 3. The summed E-state index contributed by atoms with van der Waals surface area (Å²) in [6.45, 7) is 0. The first-order valence-electron chi connectivity index (χ1n) is 12.4. The molecule has 5 heteroatoms. The number of hydrogen-bond acceptors (Lipinski definition) is 3. The van der Waals surface area contributed by atoms with E-state index in [0.717, 1.165) is 50.5 Å². The maximum Gasteiger partial charge on any atom is 0.123 e. The number of aromatic nitrogens is 4. The van der Waals surface area contributed by atoms with E-state index in [2.05, 4.69) is 69.1 Å². The lowest BCUT2D eigenvalue weighted by Gasteiger charge is -2.11. The molecule has 3 aromatic carbocycles. The second kappa shape index (κ2) is 9.05. The Balaban J connectivity index is 1.36. The van der Waals surface area contributed by atoms with Gasteiger partial charge in [-0.2, -0.15) is 0 Å². The molecule has 0 fully saturated rings. The minimum Gasteiger partial charge on any atom is -0.308 e. The summed E-state index contributed by atoms with van der Waals surface area (Å²) in [6, 6.07) is 35.2. The van der Waals surface area contributed by atoms with Gasteiger partial charge in [-0.05, 0) is 71.8 Å². The number of fused-ring (bicyclic) bond motifs is 3. The van der Waals surface area contributed by atoms with Crippen LogP contribution in [-0.4, -0.2) is 19.5 Å². The van der Waals surface area contributed by atoms with Crippen LogP contribution in [-0.2, 0) is 0 Å². The average Bonchev–Trinajstić information content (AvgIpc) is 3.32. The second-order valence-electron chi connectivity index (χ2n) is 9.14. The molecule has 4 heterocycles. The van der Waals surface area contributed by atoms with E-state index in [9.17, 15) is 4.39 Å². The highest BCUT2D eigenvalue weighted by Crippen LogP contribution is 2.33. The van der Waals surface area contributed by atoms with Crippen LogP contribution in [0.25, 0.3) is 61.3 Å². The van der Waals surface area contributed by atoms with Gasteiger partial charge in [0.15, 0.2) is 0 Å². The molecule has 7 aromatic rings. The molecule has 4 aromatic heterocycles. The molecule has 180 valence electrons. The second-order valence-corrected chi connectivity index (χ2v) is 9.14. The lowest BCUT2D eigenvalue weighted by Crippen LogP contribution is -1.95. The van der Waals surface area contributed by atoms with Gasteiger partial charge in [0.05, 0.1) is 34.3 Å². The van der Waals surface area contributed by atoms with Crippen LogP contribution in [0.3, 0.4) is 0 Å². The molecule has 0 unspecified atom stereocenters. The van der Waals surface area contributed by atoms with Crippen LogP contribution in [0.15, 0.2) is 128 Å². The fourth-order valence-corrected chi connectivity index (χ4v) is 5.01. The van der Waals surface area contributed by atoms with Gasteiger partial charge in [-0.25, -0.2) is 9.37 Å². The van der Waals surface area contributed by atoms with E-state index < -0.39 is 0 Å². The van der Waals surface area contributed by atoms with Gasteiger partial charge in [0, 0.05) is 34.4 Å². The fraction of sp³-hybridized carbons (Fsp3) is 0. The van der Waals surface area contributed by atoms with Gasteiger partial charge in [-0.3, -0.25) is 9.97 Å². The summed E-state index contributed by atoms with van der Waals surface area (Å²) in [5.74, 6) is -0.260. The first kappa shape index (κ1) is 22.1. The number of halogens is 1. The third-order valence-corrected chi connectivity index (χ3v) is 6.83. The van der Waals surface area contributed by atoms with Crippen molar-refractivity contribution >= 4 is 21.8 Å². The Morgan fingerprint density at radius 1 is 0.553 bits per heavy atom. The van der Waals surface area contributed by atoms with E-state index >= 15 is 0 Å². The van der Waals surface area contributed by atoms with Crippen LogP contribution in [0.5, 0.6) is 0 Å². The van der Waals surface area contributed by atoms with Gasteiger partial charge < -0.3 is 4.57 Å². The Bertz CT molecular complexity index is 1850. The fourth-order valence-electron chi connectivity index (χ4n) is 5.01. The van der Waals surface area contributed by atoms with Crippen LogP contribution in [0.4, 0.5) is 4.39 Å². The molecular formula is C33H21FN4. The van der Waals surface area contributed by atoms with Crippen molar-refractivity contribution in [1.29, 1.82) is 0 Å². The van der Waals surface area contributed by atoms with Gasteiger partial charge in [0.2, 0.25) is 0 Å². The molecule has 0 bridgehead atoms. The molecule has 7 rings (SSSR count). The number of pyridine rings is 3. The normalized spacial score (nSPS) is 11.3. The largest absolute Gasteiger partial charge is 0.308 e. The summed E-state index contributed by atoms with van der Waals surface area (Å²) >= 11 is 0. The molecule has 4 nitrogen and oxygen atoms in total. The molecule has 0 amide bonds. The summed E-state index contributed by atoms with van der Waals surface area (Å²) in [6.07, 6.45) is 5.51. The highest BCUT2D eigenvalue weighted by Gasteiger charge is 2.13. The van der Waals surface area contributed by atoms with Crippen molar-refractivity contribution in [2.24, 2.45) is 0 Å². The van der Waals surface area contributed by atoms with Crippen LogP contribution >= 0.6 is 0 Å². The van der Waals surface area contributed by atoms with Crippen LogP contribution in [0.2, 0.25) is 0 Å². The molecule has 0 aliphatic rings. The smallest absolute Gasteiger partial charge is 0.123 e. The number of nitrogens with zero attached hydrogens (tertiary/aromatic N) is 4. The summed E-state index contributed by atoms with van der Waals surface area (Å²) in [7, 11) is 0. The Morgan fingerprint density at radius 3 is 2.11 bits per heavy atom. The Morgan fingerprint density at radius 2 is 1.29 bits per heavy atom. The molecule has 0 aliphatic heterocycles. The molecular weight excluding hydrogens is 471 g/mol. The zero-order valence-corrected chi connectivity index (χ0v) is 20.3. The summed E-state index contributed by atoms with van der Waals surface area (Å²) in [4.78, 5) is 13.8. The van der Waals surface area contributed by atoms with Gasteiger partial charge in [-0.15, -0.1) is 0 Å². The maximum atomic E-state index is 13.6. The number of rotatable bonds is 4. The van der Waals surface area contributed by atoms with Crippen molar-refractivity contribution in [3.05, 3.63) is 134 Å². The van der Waals surface area contributed by atoms with Crippen molar-refractivity contribution in [2.45, 2.75) is 0 Å². The van der Waals surface area contributed by atoms with Crippen LogP contribution in [0, 0.1) is 5.82 Å². The SMILES string of the molecule is Fc1ccc(-c2cc(-c3ccc(-n4c5ccccc5c5ccncc54)cc3)nc(-c3ccccn3)c2)cc1. The van der Waals surface area contributed by atoms with Crippen molar-refractivity contribution in [3.63, 3.8) is 0 Å². The van der Waals surface area contributed by atoms with E-state index in [1.54, 1.807) is 18.3 Å². The quantitative estimate of drug-likeness (QED) is 0.249. The van der Waals surface area contributed by atoms with Gasteiger partial charge in [-0.1, -0.05) is 48.5 Å². The highest BCUT2D eigenvalue weighted by atomic mass is 19.1. The predicted molar refractivity (Wildman–Crippen MR) is 150 cm³/mol. The van der Waals surface area contributed by atoms with E-state index in [-0.39, 0.29) is 5.82 Å². The third-order valence-electron chi connectivity index (χ3n) is 6.83. The van der Waals surface area contributed by atoms with Crippen LogP contribution < -0.4 is 0 Å². The van der Waals surface area contributed by atoms with Gasteiger partial charge in [0.1, 0.15) is 5.82 Å². The van der Waals surface area contributed by atoms with Crippen molar-refractivity contribution < 1.29 is 4.39 Å². The molecule has 0 radical (unpaired) electrons. The first-order chi connectivity index (χ1) is 18.7. The van der Waals surface area contributed by atoms with Crippen molar-refractivity contribution in [3.8, 4) is 39.5 Å². The molecule has 0 spiro atoms. The number of hydrogen-bond donors (Lipinski definition) is 0.